The van der Waals surface area contributed by atoms with Gasteiger partial charge in [0.25, 0.3) is 0 Å². The van der Waals surface area contributed by atoms with Gasteiger partial charge in [-0.25, -0.2) is 4.79 Å². The zero-order valence-corrected chi connectivity index (χ0v) is 11.6. The number of aromatic carboxylic acids is 1. The second-order valence-electron chi connectivity index (χ2n) is 4.94. The fourth-order valence-electron chi connectivity index (χ4n) is 1.38. The van der Waals surface area contributed by atoms with Crippen molar-refractivity contribution >= 4 is 5.97 Å². The topological polar surface area (TPSA) is 76.0 Å². The van der Waals surface area contributed by atoms with E-state index in [1.165, 1.54) is 13.2 Å². The Labute approximate surface area is 112 Å². The van der Waals surface area contributed by atoms with E-state index in [2.05, 4.69) is 0 Å². The average molecular weight is 268 g/mol. The maximum atomic E-state index is 11.2. The van der Waals surface area contributed by atoms with E-state index in [-0.39, 0.29) is 23.8 Å². The highest BCUT2D eigenvalue weighted by atomic mass is 16.5. The number of carboxylic acid groups (broad SMARTS) is 1. The summed E-state index contributed by atoms with van der Waals surface area (Å²) in [5.41, 5.74) is -1.03. The Kier molecular flexibility index (Phi) is 4.78. The Morgan fingerprint density at radius 1 is 1.42 bits per heavy atom. The van der Waals surface area contributed by atoms with Crippen molar-refractivity contribution in [3.63, 3.8) is 0 Å². The van der Waals surface area contributed by atoms with Gasteiger partial charge in [-0.05, 0) is 25.0 Å². The third kappa shape index (κ3) is 3.61. The number of hydrogen-bond acceptors (Lipinski definition) is 4. The lowest BCUT2D eigenvalue weighted by atomic mass is 9.94. The zero-order chi connectivity index (χ0) is 14.6. The van der Waals surface area contributed by atoms with Gasteiger partial charge in [-0.2, -0.15) is 0 Å². The number of carbonyl (C=O) groups is 1. The van der Waals surface area contributed by atoms with Crippen LogP contribution in [-0.4, -0.2) is 35.5 Å². The Bertz CT molecular complexity index is 451. The fourth-order valence-corrected chi connectivity index (χ4v) is 1.38. The first-order valence-corrected chi connectivity index (χ1v) is 6.05. The Morgan fingerprint density at radius 3 is 2.53 bits per heavy atom. The molecular formula is C14H20O5. The van der Waals surface area contributed by atoms with Gasteiger partial charge in [0.1, 0.15) is 12.2 Å². The van der Waals surface area contributed by atoms with Gasteiger partial charge in [0, 0.05) is 0 Å². The first-order chi connectivity index (χ1) is 8.79. The molecule has 1 unspecified atom stereocenters. The Balaban J connectivity index is 3.02. The van der Waals surface area contributed by atoms with Crippen molar-refractivity contribution in [3.05, 3.63) is 23.8 Å². The molecule has 106 valence electrons. The highest BCUT2D eigenvalue weighted by Crippen LogP contribution is 2.32. The predicted octanol–water partition coefficient (Wildman–Crippen LogP) is 2.18. The molecule has 0 aromatic heterocycles. The van der Waals surface area contributed by atoms with E-state index in [1.54, 1.807) is 19.1 Å². The summed E-state index contributed by atoms with van der Waals surface area (Å²) in [7, 11) is 1.44. The molecule has 0 saturated heterocycles. The molecule has 0 aliphatic rings. The van der Waals surface area contributed by atoms with Crippen LogP contribution >= 0.6 is 0 Å². The molecule has 0 aliphatic carbocycles. The molecule has 0 fully saturated rings. The van der Waals surface area contributed by atoms with E-state index >= 15 is 0 Å². The van der Waals surface area contributed by atoms with Crippen LogP contribution in [0.2, 0.25) is 0 Å². The average Bonchev–Trinajstić information content (AvgIpc) is 2.35. The second-order valence-corrected chi connectivity index (χ2v) is 4.94. The summed E-state index contributed by atoms with van der Waals surface area (Å²) in [5, 5.41) is 19.3. The molecule has 0 radical (unpaired) electrons. The van der Waals surface area contributed by atoms with E-state index in [0.29, 0.717) is 5.75 Å². The van der Waals surface area contributed by atoms with Crippen LogP contribution in [-0.2, 0) is 0 Å². The molecule has 0 aliphatic heterocycles. The van der Waals surface area contributed by atoms with Crippen molar-refractivity contribution in [1.82, 2.24) is 0 Å². The maximum Gasteiger partial charge on any atom is 0.339 e. The molecule has 5 heteroatoms. The van der Waals surface area contributed by atoms with Gasteiger partial charge in [0.05, 0.1) is 12.7 Å². The summed E-state index contributed by atoms with van der Waals surface area (Å²) < 4.78 is 10.6. The van der Waals surface area contributed by atoms with Crippen LogP contribution in [0.1, 0.15) is 31.1 Å². The number of methoxy groups -OCH3 is 1. The zero-order valence-electron chi connectivity index (χ0n) is 11.6. The molecule has 0 bridgehead atoms. The highest BCUT2D eigenvalue weighted by molar-refractivity contribution is 5.92. The van der Waals surface area contributed by atoms with Crippen LogP contribution in [0.15, 0.2) is 18.2 Å². The maximum absolute atomic E-state index is 11.2. The Morgan fingerprint density at radius 2 is 2.05 bits per heavy atom. The lowest BCUT2D eigenvalue weighted by Gasteiger charge is -2.28. The van der Waals surface area contributed by atoms with Gasteiger partial charge in [0.2, 0.25) is 0 Å². The standard InChI is InChI=1S/C14H20O5/c1-9(2)14(3,17)8-19-12-10(13(15)16)6-5-7-11(12)18-4/h5-7,9,17H,8H2,1-4H3,(H,15,16). The molecule has 0 heterocycles. The van der Waals surface area contributed by atoms with Crippen LogP contribution in [0.5, 0.6) is 11.5 Å². The number of rotatable bonds is 6. The summed E-state index contributed by atoms with van der Waals surface area (Å²) in [5.74, 6) is -0.647. The monoisotopic (exact) mass is 268 g/mol. The molecule has 2 N–H and O–H groups in total. The van der Waals surface area contributed by atoms with Crippen molar-refractivity contribution in [2.45, 2.75) is 26.4 Å². The minimum Gasteiger partial charge on any atom is -0.493 e. The molecule has 1 rings (SSSR count). The number of carboxylic acids is 1. The van der Waals surface area contributed by atoms with Crippen LogP contribution in [0.3, 0.4) is 0 Å². The lowest BCUT2D eigenvalue weighted by molar-refractivity contribution is -0.0274. The highest BCUT2D eigenvalue weighted by Gasteiger charge is 2.27. The molecule has 0 spiro atoms. The van der Waals surface area contributed by atoms with Gasteiger partial charge >= 0.3 is 5.97 Å². The van der Waals surface area contributed by atoms with Crippen molar-refractivity contribution in [3.8, 4) is 11.5 Å². The van der Waals surface area contributed by atoms with E-state index < -0.39 is 11.6 Å². The van der Waals surface area contributed by atoms with Gasteiger partial charge in [-0.15, -0.1) is 0 Å². The van der Waals surface area contributed by atoms with E-state index in [1.807, 2.05) is 13.8 Å². The number of hydrogen-bond donors (Lipinski definition) is 2. The van der Waals surface area contributed by atoms with E-state index in [4.69, 9.17) is 14.6 Å². The second kappa shape index (κ2) is 5.93. The van der Waals surface area contributed by atoms with Crippen molar-refractivity contribution in [2.24, 2.45) is 5.92 Å². The van der Waals surface area contributed by atoms with Crippen LogP contribution < -0.4 is 9.47 Å². The van der Waals surface area contributed by atoms with E-state index in [0.717, 1.165) is 0 Å². The SMILES string of the molecule is COc1cccc(C(=O)O)c1OCC(C)(O)C(C)C. The molecule has 1 atom stereocenters. The van der Waals surface area contributed by atoms with Crippen molar-refractivity contribution in [1.29, 1.82) is 0 Å². The molecule has 1 aromatic rings. The number of aliphatic hydroxyl groups is 1. The van der Waals surface area contributed by atoms with E-state index in [9.17, 15) is 9.90 Å². The smallest absolute Gasteiger partial charge is 0.339 e. The molecule has 0 saturated carbocycles. The molecule has 5 nitrogen and oxygen atoms in total. The first kappa shape index (κ1) is 15.3. The fraction of sp³-hybridized carbons (Fsp3) is 0.500. The van der Waals surface area contributed by atoms with Crippen molar-refractivity contribution < 1.29 is 24.5 Å². The Hall–Kier alpha value is -1.75. The molecule has 19 heavy (non-hydrogen) atoms. The molecule has 0 amide bonds. The summed E-state index contributed by atoms with van der Waals surface area (Å²) in [6.45, 7) is 5.37. The summed E-state index contributed by atoms with van der Waals surface area (Å²) >= 11 is 0. The first-order valence-electron chi connectivity index (χ1n) is 6.05. The summed E-state index contributed by atoms with van der Waals surface area (Å²) in [4.78, 5) is 11.2. The summed E-state index contributed by atoms with van der Waals surface area (Å²) in [6.07, 6.45) is 0. The van der Waals surface area contributed by atoms with Gasteiger partial charge in [-0.1, -0.05) is 19.9 Å². The van der Waals surface area contributed by atoms with Gasteiger partial charge in [0.15, 0.2) is 11.5 Å². The third-order valence-electron chi connectivity index (χ3n) is 3.18. The van der Waals surface area contributed by atoms with Crippen molar-refractivity contribution in [2.75, 3.05) is 13.7 Å². The quantitative estimate of drug-likeness (QED) is 0.827. The minimum absolute atomic E-state index is 0.00861. The lowest BCUT2D eigenvalue weighted by Crippen LogP contribution is -2.38. The van der Waals surface area contributed by atoms with Gasteiger partial charge < -0.3 is 19.7 Å². The largest absolute Gasteiger partial charge is 0.493 e. The third-order valence-corrected chi connectivity index (χ3v) is 3.18. The van der Waals surface area contributed by atoms with Crippen LogP contribution in [0.25, 0.3) is 0 Å². The normalized spacial score (nSPS) is 14.0. The molecular weight excluding hydrogens is 248 g/mol. The number of benzene rings is 1. The minimum atomic E-state index is -1.10. The predicted molar refractivity (Wildman–Crippen MR) is 70.9 cm³/mol. The van der Waals surface area contributed by atoms with Crippen LogP contribution in [0, 0.1) is 5.92 Å². The molecule has 1 aromatic carbocycles. The summed E-state index contributed by atoms with van der Waals surface area (Å²) in [6, 6.07) is 4.63. The van der Waals surface area contributed by atoms with Gasteiger partial charge in [-0.3, -0.25) is 0 Å². The van der Waals surface area contributed by atoms with Crippen LogP contribution in [0.4, 0.5) is 0 Å². The number of para-hydroxylation sites is 1. The number of ether oxygens (including phenoxy) is 2.